The van der Waals surface area contributed by atoms with Crippen LogP contribution in [0.15, 0.2) is 74.8 Å². The number of nitrogens with zero attached hydrogens (tertiary/aromatic N) is 4. The molecule has 0 aliphatic carbocycles. The predicted octanol–water partition coefficient (Wildman–Crippen LogP) is 6.17. The molecule has 5 aromatic rings. The van der Waals surface area contributed by atoms with Crippen LogP contribution in [0.2, 0.25) is 0 Å². The Morgan fingerprint density at radius 2 is 1.79 bits per heavy atom. The van der Waals surface area contributed by atoms with Crippen molar-refractivity contribution in [1.82, 2.24) is 20.4 Å². The number of carbonyl (C=O) groups excluding carboxylic acids is 1. The molecule has 7 nitrogen and oxygen atoms in total. The molecule has 1 N–H and O–H groups in total. The summed E-state index contributed by atoms with van der Waals surface area (Å²) in [7, 11) is 0. The fourth-order valence-corrected chi connectivity index (χ4v) is 5.56. The number of thiophene rings is 1. The van der Waals surface area contributed by atoms with Gasteiger partial charge in [0.15, 0.2) is 4.34 Å². The van der Waals surface area contributed by atoms with E-state index in [1.807, 2.05) is 37.3 Å². The second kappa shape index (κ2) is 9.65. The topological polar surface area (TPSA) is 93.8 Å². The summed E-state index contributed by atoms with van der Waals surface area (Å²) in [5, 5.41) is 21.9. The van der Waals surface area contributed by atoms with Gasteiger partial charge in [0, 0.05) is 27.3 Å². The van der Waals surface area contributed by atoms with Crippen molar-refractivity contribution in [3.63, 3.8) is 0 Å². The summed E-state index contributed by atoms with van der Waals surface area (Å²) < 4.78 is 6.66. The lowest BCUT2D eigenvalue weighted by Crippen LogP contribution is -2.11. The fraction of sp³-hybridized carbons (Fsp3) is 0.0870. The van der Waals surface area contributed by atoms with E-state index < -0.39 is 0 Å². The summed E-state index contributed by atoms with van der Waals surface area (Å²) in [6, 6.07) is 19.0. The minimum Gasteiger partial charge on any atom is -0.416 e. The minimum atomic E-state index is -0.251. The Hall–Kier alpha value is -3.34. The summed E-state index contributed by atoms with van der Waals surface area (Å²) in [4.78, 5) is 13.9. The molecule has 164 valence electrons. The van der Waals surface area contributed by atoms with Gasteiger partial charge in [-0.1, -0.05) is 47.4 Å². The SMILES string of the molecule is Cc1ccccc1-c1nnc(-c2ccc(C(=O)Nc3nnc(SCc4cccs4)s3)cc2)o1. The van der Waals surface area contributed by atoms with E-state index in [0.717, 1.165) is 26.8 Å². The van der Waals surface area contributed by atoms with Crippen LogP contribution >= 0.6 is 34.4 Å². The molecule has 0 spiro atoms. The first kappa shape index (κ1) is 21.5. The van der Waals surface area contributed by atoms with E-state index in [1.54, 1.807) is 47.4 Å². The van der Waals surface area contributed by atoms with Crippen LogP contribution in [0.1, 0.15) is 20.8 Å². The highest BCUT2D eigenvalue weighted by molar-refractivity contribution is 8.00. The van der Waals surface area contributed by atoms with E-state index in [9.17, 15) is 4.79 Å². The fourth-order valence-electron chi connectivity index (χ4n) is 3.04. The van der Waals surface area contributed by atoms with Crippen LogP contribution < -0.4 is 5.32 Å². The zero-order chi connectivity index (χ0) is 22.6. The summed E-state index contributed by atoms with van der Waals surface area (Å²) in [5.74, 6) is 1.45. The van der Waals surface area contributed by atoms with Gasteiger partial charge in [-0.2, -0.15) is 0 Å². The molecule has 0 unspecified atom stereocenters. The number of amides is 1. The van der Waals surface area contributed by atoms with Crippen molar-refractivity contribution in [2.24, 2.45) is 0 Å². The predicted molar refractivity (Wildman–Crippen MR) is 132 cm³/mol. The van der Waals surface area contributed by atoms with Crippen LogP contribution in [0, 0.1) is 6.92 Å². The maximum atomic E-state index is 12.6. The second-order valence-electron chi connectivity index (χ2n) is 7.00. The van der Waals surface area contributed by atoms with Crippen molar-refractivity contribution in [2.75, 3.05) is 5.32 Å². The van der Waals surface area contributed by atoms with Gasteiger partial charge in [0.2, 0.25) is 16.9 Å². The van der Waals surface area contributed by atoms with E-state index in [1.165, 1.54) is 16.2 Å². The zero-order valence-electron chi connectivity index (χ0n) is 17.4. The molecule has 1 amide bonds. The first-order valence-electron chi connectivity index (χ1n) is 9.96. The Morgan fingerprint density at radius 3 is 2.58 bits per heavy atom. The van der Waals surface area contributed by atoms with Crippen LogP contribution in [0.3, 0.4) is 0 Å². The van der Waals surface area contributed by atoms with E-state index >= 15 is 0 Å². The van der Waals surface area contributed by atoms with Crippen LogP contribution in [-0.2, 0) is 5.75 Å². The third kappa shape index (κ3) is 5.03. The lowest BCUT2D eigenvalue weighted by Gasteiger charge is -2.02. The maximum absolute atomic E-state index is 12.6. The van der Waals surface area contributed by atoms with E-state index in [-0.39, 0.29) is 5.91 Å². The van der Waals surface area contributed by atoms with E-state index in [0.29, 0.717) is 22.5 Å². The smallest absolute Gasteiger partial charge is 0.257 e. The molecule has 0 aliphatic rings. The minimum absolute atomic E-state index is 0.251. The molecule has 0 atom stereocenters. The highest BCUT2D eigenvalue weighted by Crippen LogP contribution is 2.30. The van der Waals surface area contributed by atoms with Crippen LogP contribution in [0.5, 0.6) is 0 Å². The number of carbonyl (C=O) groups is 1. The lowest BCUT2D eigenvalue weighted by atomic mass is 10.1. The van der Waals surface area contributed by atoms with Crippen molar-refractivity contribution in [2.45, 2.75) is 17.0 Å². The second-order valence-corrected chi connectivity index (χ2v) is 10.2. The van der Waals surface area contributed by atoms with Gasteiger partial charge in [-0.15, -0.1) is 31.7 Å². The van der Waals surface area contributed by atoms with Gasteiger partial charge in [0.05, 0.1) is 0 Å². The van der Waals surface area contributed by atoms with Crippen LogP contribution in [0.25, 0.3) is 22.9 Å². The van der Waals surface area contributed by atoms with Crippen LogP contribution in [-0.4, -0.2) is 26.3 Å². The summed E-state index contributed by atoms with van der Waals surface area (Å²) in [6.07, 6.45) is 0. The number of hydrogen-bond acceptors (Lipinski definition) is 9. The number of nitrogens with one attached hydrogen (secondary N) is 1. The molecule has 3 aromatic heterocycles. The highest BCUT2D eigenvalue weighted by atomic mass is 32.2. The molecular formula is C23H17N5O2S3. The molecule has 3 heterocycles. The third-order valence-electron chi connectivity index (χ3n) is 4.74. The zero-order valence-corrected chi connectivity index (χ0v) is 19.8. The van der Waals surface area contributed by atoms with Crippen molar-refractivity contribution in [3.05, 3.63) is 82.0 Å². The Bertz CT molecular complexity index is 1380. The Labute approximate surface area is 201 Å². The van der Waals surface area contributed by atoms with Crippen molar-refractivity contribution in [1.29, 1.82) is 0 Å². The lowest BCUT2D eigenvalue weighted by molar-refractivity contribution is 0.102. The normalized spacial score (nSPS) is 10.9. The number of hydrogen-bond donors (Lipinski definition) is 1. The number of aromatic nitrogens is 4. The number of anilines is 1. The summed E-state index contributed by atoms with van der Waals surface area (Å²) in [5.41, 5.74) is 3.20. The number of thioether (sulfide) groups is 1. The molecule has 10 heteroatoms. The third-order valence-corrected chi connectivity index (χ3v) is 7.82. The van der Waals surface area contributed by atoms with E-state index in [4.69, 9.17) is 4.42 Å². The average molecular weight is 492 g/mol. The molecule has 5 rings (SSSR count). The molecule has 0 saturated carbocycles. The summed E-state index contributed by atoms with van der Waals surface area (Å²) >= 11 is 4.67. The summed E-state index contributed by atoms with van der Waals surface area (Å²) in [6.45, 7) is 2.00. The number of rotatable bonds is 7. The Morgan fingerprint density at radius 1 is 0.970 bits per heavy atom. The van der Waals surface area contributed by atoms with Gasteiger partial charge in [-0.3, -0.25) is 10.1 Å². The first-order chi connectivity index (χ1) is 16.2. The molecular weight excluding hydrogens is 474 g/mol. The molecule has 0 bridgehead atoms. The van der Waals surface area contributed by atoms with E-state index in [2.05, 4.69) is 37.2 Å². The van der Waals surface area contributed by atoms with Gasteiger partial charge < -0.3 is 4.42 Å². The van der Waals surface area contributed by atoms with Gasteiger partial charge in [0.25, 0.3) is 5.91 Å². The number of benzene rings is 2. The Balaban J connectivity index is 1.23. The van der Waals surface area contributed by atoms with Gasteiger partial charge in [-0.05, 0) is 54.3 Å². The average Bonchev–Trinajstić information content (AvgIpc) is 3.60. The monoisotopic (exact) mass is 491 g/mol. The molecule has 0 radical (unpaired) electrons. The maximum Gasteiger partial charge on any atom is 0.257 e. The molecule has 33 heavy (non-hydrogen) atoms. The van der Waals surface area contributed by atoms with Crippen molar-refractivity contribution < 1.29 is 9.21 Å². The largest absolute Gasteiger partial charge is 0.416 e. The molecule has 0 aliphatic heterocycles. The first-order valence-corrected chi connectivity index (χ1v) is 12.6. The standard InChI is InChI=1S/C23H17N5O2S3/c1-14-5-2-3-7-18(14)21-26-25-20(30-21)16-10-8-15(9-11-16)19(29)24-22-27-28-23(33-22)32-13-17-6-4-12-31-17/h2-12H,13H2,1H3,(H,24,27,29). The van der Waals surface area contributed by atoms with Crippen molar-refractivity contribution >= 4 is 45.5 Å². The quantitative estimate of drug-likeness (QED) is 0.215. The molecule has 2 aromatic carbocycles. The number of aryl methyl sites for hydroxylation is 1. The molecule has 0 saturated heterocycles. The highest BCUT2D eigenvalue weighted by Gasteiger charge is 2.14. The van der Waals surface area contributed by atoms with Gasteiger partial charge in [-0.25, -0.2) is 0 Å². The van der Waals surface area contributed by atoms with Gasteiger partial charge >= 0.3 is 0 Å². The van der Waals surface area contributed by atoms with Gasteiger partial charge in [0.1, 0.15) is 0 Å². The van der Waals surface area contributed by atoms with Crippen LogP contribution in [0.4, 0.5) is 5.13 Å². The Kier molecular flexibility index (Phi) is 6.29. The van der Waals surface area contributed by atoms with Crippen molar-refractivity contribution in [3.8, 4) is 22.9 Å². The molecule has 0 fully saturated rings.